The number of rotatable bonds is 3. The predicted molar refractivity (Wildman–Crippen MR) is 78.0 cm³/mol. The highest BCUT2D eigenvalue weighted by Gasteiger charge is 2.44. The molecule has 2 rings (SSSR count). The lowest BCUT2D eigenvalue weighted by molar-refractivity contribution is -0.122. The van der Waals surface area contributed by atoms with E-state index >= 15 is 0 Å². The lowest BCUT2D eigenvalue weighted by Crippen LogP contribution is -2.31. The Labute approximate surface area is 127 Å². The van der Waals surface area contributed by atoms with Gasteiger partial charge < -0.3 is 4.74 Å². The van der Waals surface area contributed by atoms with Gasteiger partial charge in [0.15, 0.2) is 0 Å². The molecule has 0 bridgehead atoms. The van der Waals surface area contributed by atoms with Crippen molar-refractivity contribution in [3.8, 4) is 5.75 Å². The summed E-state index contributed by atoms with van der Waals surface area (Å²) < 4.78 is 19.6. The second kappa shape index (κ2) is 5.64. The monoisotopic (exact) mass is 313 g/mol. The molecule has 2 amide bonds. The van der Waals surface area contributed by atoms with E-state index in [0.29, 0.717) is 0 Å². The highest BCUT2D eigenvalue weighted by Crippen LogP contribution is 2.37. The van der Waals surface area contributed by atoms with Gasteiger partial charge in [0.1, 0.15) is 11.6 Å². The van der Waals surface area contributed by atoms with Crippen LogP contribution in [0.25, 0.3) is 0 Å². The molecule has 1 heterocycles. The minimum atomic E-state index is -0.723. The molecule has 0 radical (unpaired) electrons. The number of carbonyl (C=O) groups excluding carboxylic acids is 2. The molecular weight excluding hydrogens is 297 g/mol. The van der Waals surface area contributed by atoms with Crippen molar-refractivity contribution in [3.05, 3.63) is 23.0 Å². The summed E-state index contributed by atoms with van der Waals surface area (Å²) in [6.07, 6.45) is -0.163. The smallest absolute Gasteiger partial charge is 0.237 e. The first-order chi connectivity index (χ1) is 9.73. The van der Waals surface area contributed by atoms with Gasteiger partial charge in [-0.2, -0.15) is 0 Å². The molecule has 4 nitrogen and oxygen atoms in total. The summed E-state index contributed by atoms with van der Waals surface area (Å²) in [6.45, 7) is 6.92. The molecule has 0 aliphatic carbocycles. The number of halogens is 2. The predicted octanol–water partition coefficient (Wildman–Crippen LogP) is 3.41. The molecule has 0 spiro atoms. The van der Waals surface area contributed by atoms with Crippen LogP contribution in [0, 0.1) is 17.7 Å². The molecule has 1 saturated heterocycles. The van der Waals surface area contributed by atoms with Crippen molar-refractivity contribution in [2.24, 2.45) is 11.8 Å². The minimum Gasteiger partial charge on any atom is -0.489 e. The molecule has 6 heteroatoms. The van der Waals surface area contributed by atoms with Crippen LogP contribution in [0.3, 0.4) is 0 Å². The van der Waals surface area contributed by atoms with E-state index in [9.17, 15) is 14.0 Å². The van der Waals surface area contributed by atoms with Crippen LogP contribution >= 0.6 is 11.6 Å². The third-order valence-corrected chi connectivity index (χ3v) is 3.87. The maximum Gasteiger partial charge on any atom is 0.237 e. The molecule has 2 atom stereocenters. The van der Waals surface area contributed by atoms with E-state index in [2.05, 4.69) is 0 Å². The molecule has 0 unspecified atom stereocenters. The van der Waals surface area contributed by atoms with Crippen LogP contribution in [0.15, 0.2) is 12.1 Å². The van der Waals surface area contributed by atoms with Gasteiger partial charge in [-0.1, -0.05) is 25.4 Å². The molecule has 0 aromatic heterocycles. The quantitative estimate of drug-likeness (QED) is 0.803. The van der Waals surface area contributed by atoms with Gasteiger partial charge in [-0.3, -0.25) is 9.59 Å². The van der Waals surface area contributed by atoms with Gasteiger partial charge in [-0.15, -0.1) is 0 Å². The number of hydrogen-bond donors (Lipinski definition) is 0. The summed E-state index contributed by atoms with van der Waals surface area (Å²) in [7, 11) is 0. The number of hydrogen-bond acceptors (Lipinski definition) is 3. The zero-order valence-electron chi connectivity index (χ0n) is 12.3. The summed E-state index contributed by atoms with van der Waals surface area (Å²) in [5, 5.41) is 0.102. The molecule has 114 valence electrons. The summed E-state index contributed by atoms with van der Waals surface area (Å²) in [5.41, 5.74) is -0.110. The fraction of sp³-hybridized carbons (Fsp3) is 0.467. The summed E-state index contributed by atoms with van der Waals surface area (Å²) >= 11 is 5.93. The van der Waals surface area contributed by atoms with Gasteiger partial charge in [0, 0.05) is 17.9 Å². The van der Waals surface area contributed by atoms with E-state index in [1.807, 2.05) is 0 Å². The third kappa shape index (κ3) is 2.75. The summed E-state index contributed by atoms with van der Waals surface area (Å²) in [6, 6.07) is 2.36. The Bertz CT molecular complexity index is 583. The van der Waals surface area contributed by atoms with Crippen molar-refractivity contribution in [2.75, 3.05) is 4.90 Å². The number of anilines is 1. The lowest BCUT2D eigenvalue weighted by Gasteiger charge is -2.18. The molecule has 1 aromatic carbocycles. The Morgan fingerprint density at radius 3 is 2.19 bits per heavy atom. The number of nitrogens with zero attached hydrogens (tertiary/aromatic N) is 1. The SMILES string of the molecule is CC(C)Oc1cc(N2C(=O)[C@@H](C)[C@@H](C)C2=O)c(F)cc1Cl. The number of carbonyl (C=O) groups is 2. The van der Waals surface area contributed by atoms with Crippen LogP contribution in [-0.2, 0) is 9.59 Å². The second-order valence-corrected chi connectivity index (χ2v) is 5.90. The van der Waals surface area contributed by atoms with E-state index in [0.717, 1.165) is 11.0 Å². The minimum absolute atomic E-state index is 0.102. The fourth-order valence-corrected chi connectivity index (χ4v) is 2.41. The highest BCUT2D eigenvalue weighted by atomic mass is 35.5. The van der Waals surface area contributed by atoms with E-state index in [1.54, 1.807) is 27.7 Å². The van der Waals surface area contributed by atoms with Gasteiger partial charge in [-0.05, 0) is 19.9 Å². The van der Waals surface area contributed by atoms with E-state index < -0.39 is 29.5 Å². The Kier molecular flexibility index (Phi) is 4.23. The summed E-state index contributed by atoms with van der Waals surface area (Å²) in [4.78, 5) is 25.2. The largest absolute Gasteiger partial charge is 0.489 e. The van der Waals surface area contributed by atoms with Gasteiger partial charge in [0.05, 0.1) is 16.8 Å². The standard InChI is InChI=1S/C15H17ClFNO3/c1-7(2)21-13-6-12(11(17)5-10(13)16)18-14(19)8(3)9(4)15(18)20/h5-9H,1-4H3/t8-,9+. The van der Waals surface area contributed by atoms with Crippen molar-refractivity contribution in [3.63, 3.8) is 0 Å². The van der Waals surface area contributed by atoms with E-state index in [-0.39, 0.29) is 22.6 Å². The highest BCUT2D eigenvalue weighted by molar-refractivity contribution is 6.32. The van der Waals surface area contributed by atoms with Crippen LogP contribution in [0.4, 0.5) is 10.1 Å². The van der Waals surface area contributed by atoms with Crippen LogP contribution in [0.5, 0.6) is 5.75 Å². The molecular formula is C15H17ClFNO3. The fourth-order valence-electron chi connectivity index (χ4n) is 2.22. The Balaban J connectivity index is 2.49. The zero-order valence-corrected chi connectivity index (χ0v) is 13.1. The number of imide groups is 1. The molecule has 1 aliphatic rings. The van der Waals surface area contributed by atoms with Crippen LogP contribution in [-0.4, -0.2) is 17.9 Å². The summed E-state index contributed by atoms with van der Waals surface area (Å²) in [5.74, 6) is -2.24. The van der Waals surface area contributed by atoms with Crippen molar-refractivity contribution in [1.29, 1.82) is 0 Å². The second-order valence-electron chi connectivity index (χ2n) is 5.49. The molecule has 21 heavy (non-hydrogen) atoms. The maximum absolute atomic E-state index is 14.1. The Morgan fingerprint density at radius 1 is 1.19 bits per heavy atom. The molecule has 1 aromatic rings. The molecule has 0 saturated carbocycles. The van der Waals surface area contributed by atoms with Gasteiger partial charge in [0.2, 0.25) is 11.8 Å². The van der Waals surface area contributed by atoms with Crippen LogP contribution in [0.1, 0.15) is 27.7 Å². The average Bonchev–Trinajstić information content (AvgIpc) is 2.58. The first kappa shape index (κ1) is 15.8. The van der Waals surface area contributed by atoms with Crippen LogP contribution in [0.2, 0.25) is 5.02 Å². The Hall–Kier alpha value is -1.62. The van der Waals surface area contributed by atoms with Gasteiger partial charge in [0.25, 0.3) is 0 Å². The third-order valence-electron chi connectivity index (χ3n) is 3.57. The van der Waals surface area contributed by atoms with Crippen molar-refractivity contribution in [2.45, 2.75) is 33.8 Å². The molecule has 1 aliphatic heterocycles. The number of amides is 2. The van der Waals surface area contributed by atoms with Gasteiger partial charge in [-0.25, -0.2) is 9.29 Å². The van der Waals surface area contributed by atoms with Crippen LogP contribution < -0.4 is 9.64 Å². The maximum atomic E-state index is 14.1. The van der Waals surface area contributed by atoms with Gasteiger partial charge >= 0.3 is 0 Å². The van der Waals surface area contributed by atoms with Crippen molar-refractivity contribution < 1.29 is 18.7 Å². The lowest BCUT2D eigenvalue weighted by atomic mass is 10.00. The van der Waals surface area contributed by atoms with E-state index in [4.69, 9.17) is 16.3 Å². The first-order valence-corrected chi connectivity index (χ1v) is 7.15. The van der Waals surface area contributed by atoms with Crippen molar-refractivity contribution >= 4 is 29.1 Å². The average molecular weight is 314 g/mol. The van der Waals surface area contributed by atoms with E-state index in [1.165, 1.54) is 6.07 Å². The van der Waals surface area contributed by atoms with Crippen molar-refractivity contribution in [1.82, 2.24) is 0 Å². The first-order valence-electron chi connectivity index (χ1n) is 6.77. The Morgan fingerprint density at radius 2 is 1.71 bits per heavy atom. The number of benzene rings is 1. The normalized spacial score (nSPS) is 22.3. The molecule has 0 N–H and O–H groups in total. The topological polar surface area (TPSA) is 46.6 Å². The number of ether oxygens (including phenoxy) is 1. The zero-order chi connectivity index (χ0) is 15.9. The molecule has 1 fully saturated rings.